The molecule has 0 aliphatic carbocycles. The molecule has 6 nitrogen and oxygen atoms in total. The molecule has 0 fully saturated rings. The Kier molecular flexibility index (Phi) is 6.16. The van der Waals surface area contributed by atoms with Gasteiger partial charge < -0.3 is 19.6 Å². The van der Waals surface area contributed by atoms with E-state index in [2.05, 4.69) is 5.32 Å². The number of carbonyl (C=O) groups excluding carboxylic acids is 1. The average Bonchev–Trinajstić information content (AvgIpc) is 3.04. The molecule has 0 radical (unpaired) electrons. The largest absolute Gasteiger partial charge is 0.486 e. The molecule has 0 aliphatic heterocycles. The fraction of sp³-hybridized carbons (Fsp3) is 0.333. The van der Waals surface area contributed by atoms with E-state index in [0.29, 0.717) is 12.8 Å². The van der Waals surface area contributed by atoms with Crippen molar-refractivity contribution in [1.29, 1.82) is 0 Å². The molecule has 2 N–H and O–H groups in total. The van der Waals surface area contributed by atoms with Crippen LogP contribution in [0.3, 0.4) is 0 Å². The van der Waals surface area contributed by atoms with Gasteiger partial charge in [-0.25, -0.2) is 9.18 Å². The summed E-state index contributed by atoms with van der Waals surface area (Å²) in [6, 6.07) is 7.23. The zero-order valence-electron chi connectivity index (χ0n) is 14.0. The zero-order chi connectivity index (χ0) is 18.4. The molecule has 0 saturated heterocycles. The van der Waals surface area contributed by atoms with Crippen molar-refractivity contribution in [3.05, 3.63) is 53.2 Å². The highest BCUT2D eigenvalue weighted by atomic mass is 19.1. The number of hydrogen-bond donors (Lipinski definition) is 2. The average molecular weight is 349 g/mol. The van der Waals surface area contributed by atoms with Crippen LogP contribution in [0, 0.1) is 5.82 Å². The van der Waals surface area contributed by atoms with Crippen molar-refractivity contribution in [2.45, 2.75) is 32.8 Å². The van der Waals surface area contributed by atoms with Crippen molar-refractivity contribution < 1.29 is 28.2 Å². The van der Waals surface area contributed by atoms with Gasteiger partial charge in [0, 0.05) is 12.5 Å². The summed E-state index contributed by atoms with van der Waals surface area (Å²) in [4.78, 5) is 23.3. The van der Waals surface area contributed by atoms with Crippen molar-refractivity contribution in [1.82, 2.24) is 5.32 Å². The van der Waals surface area contributed by atoms with Crippen LogP contribution in [-0.2, 0) is 6.42 Å². The van der Waals surface area contributed by atoms with Gasteiger partial charge in [-0.15, -0.1) is 0 Å². The molecule has 25 heavy (non-hydrogen) atoms. The molecule has 0 spiro atoms. The molecule has 7 heteroatoms. The Morgan fingerprint density at radius 3 is 2.60 bits per heavy atom. The Morgan fingerprint density at radius 2 is 2.04 bits per heavy atom. The van der Waals surface area contributed by atoms with Crippen LogP contribution in [0.4, 0.5) is 4.39 Å². The summed E-state index contributed by atoms with van der Waals surface area (Å²) in [5.41, 5.74) is -0.0256. The van der Waals surface area contributed by atoms with Crippen LogP contribution in [-0.4, -0.2) is 29.6 Å². The third-order valence-electron chi connectivity index (χ3n) is 3.66. The molecular formula is C18H20FNO5. The highest BCUT2D eigenvalue weighted by Gasteiger charge is 2.21. The summed E-state index contributed by atoms with van der Waals surface area (Å²) in [7, 11) is 0. The minimum absolute atomic E-state index is 0.0256. The van der Waals surface area contributed by atoms with Crippen molar-refractivity contribution >= 4 is 11.9 Å². The number of nitrogens with one attached hydrogen (secondary N) is 1. The molecule has 0 aliphatic rings. The predicted octanol–water partition coefficient (Wildman–Crippen LogP) is 3.27. The lowest BCUT2D eigenvalue weighted by molar-refractivity contribution is 0.0694. The van der Waals surface area contributed by atoms with Crippen LogP contribution in [0.5, 0.6) is 5.75 Å². The van der Waals surface area contributed by atoms with Crippen LogP contribution in [0.15, 0.2) is 34.7 Å². The third-order valence-corrected chi connectivity index (χ3v) is 3.66. The number of hydrogen-bond acceptors (Lipinski definition) is 4. The second-order valence-corrected chi connectivity index (χ2v) is 5.39. The Hall–Kier alpha value is -2.83. The van der Waals surface area contributed by atoms with E-state index in [1.165, 1.54) is 18.2 Å². The summed E-state index contributed by atoms with van der Waals surface area (Å²) < 4.78 is 24.5. The molecule has 1 aromatic carbocycles. The second kappa shape index (κ2) is 8.32. The van der Waals surface area contributed by atoms with E-state index < -0.39 is 23.8 Å². The van der Waals surface area contributed by atoms with Gasteiger partial charge in [0.05, 0.1) is 6.54 Å². The molecule has 2 rings (SSSR count). The standard InChI is InChI=1S/C18H20FNO5/c1-3-11(24-15-8-6-5-7-13(15)19)10-20-17(21)16-9-12(18(22)23)14(4-2)25-16/h5-9,11H,3-4,10H2,1-2H3,(H,20,21)(H,22,23). The number of aryl methyl sites for hydroxylation is 1. The number of halogens is 1. The number of rotatable bonds is 8. The lowest BCUT2D eigenvalue weighted by Gasteiger charge is -2.18. The van der Waals surface area contributed by atoms with Crippen LogP contribution in [0.2, 0.25) is 0 Å². The number of carbonyl (C=O) groups is 2. The number of carboxylic acids is 1. The molecule has 1 heterocycles. The van der Waals surface area contributed by atoms with Crippen LogP contribution in [0.1, 0.15) is 46.9 Å². The van der Waals surface area contributed by atoms with E-state index in [0.717, 1.165) is 0 Å². The SMILES string of the molecule is CCc1oc(C(=O)NCC(CC)Oc2ccccc2F)cc1C(=O)O. The van der Waals surface area contributed by atoms with E-state index in [1.807, 2.05) is 6.92 Å². The van der Waals surface area contributed by atoms with E-state index >= 15 is 0 Å². The number of carboxylic acid groups (broad SMARTS) is 1. The van der Waals surface area contributed by atoms with Crippen molar-refractivity contribution in [3.63, 3.8) is 0 Å². The van der Waals surface area contributed by atoms with Gasteiger partial charge in [-0.1, -0.05) is 26.0 Å². The molecule has 1 unspecified atom stereocenters. The number of ether oxygens (including phenoxy) is 1. The van der Waals surface area contributed by atoms with Gasteiger partial charge in [-0.3, -0.25) is 4.79 Å². The van der Waals surface area contributed by atoms with Crippen molar-refractivity contribution in [3.8, 4) is 5.75 Å². The third kappa shape index (κ3) is 4.59. The lowest BCUT2D eigenvalue weighted by Crippen LogP contribution is -2.35. The first-order valence-electron chi connectivity index (χ1n) is 8.01. The molecule has 1 amide bonds. The highest BCUT2D eigenvalue weighted by molar-refractivity contribution is 5.96. The fourth-order valence-corrected chi connectivity index (χ4v) is 2.27. The van der Waals surface area contributed by atoms with Crippen LogP contribution < -0.4 is 10.1 Å². The topological polar surface area (TPSA) is 88.8 Å². The summed E-state index contributed by atoms with van der Waals surface area (Å²) in [6.07, 6.45) is 0.483. The highest BCUT2D eigenvalue weighted by Crippen LogP contribution is 2.19. The van der Waals surface area contributed by atoms with Gasteiger partial charge in [0.25, 0.3) is 5.91 Å². The van der Waals surface area contributed by atoms with E-state index in [4.69, 9.17) is 14.3 Å². The number of furan rings is 1. The molecule has 0 bridgehead atoms. The van der Waals surface area contributed by atoms with Gasteiger partial charge in [-0.2, -0.15) is 0 Å². The van der Waals surface area contributed by atoms with Gasteiger partial charge in [0.15, 0.2) is 17.3 Å². The molecular weight excluding hydrogens is 329 g/mol. The second-order valence-electron chi connectivity index (χ2n) is 5.39. The van der Waals surface area contributed by atoms with Crippen LogP contribution >= 0.6 is 0 Å². The fourth-order valence-electron chi connectivity index (χ4n) is 2.27. The van der Waals surface area contributed by atoms with Gasteiger partial charge >= 0.3 is 5.97 Å². The predicted molar refractivity (Wildman–Crippen MR) is 88.5 cm³/mol. The van der Waals surface area contributed by atoms with Gasteiger partial charge in [0.1, 0.15) is 17.4 Å². The summed E-state index contributed by atoms with van der Waals surface area (Å²) in [5, 5.41) is 11.7. The Balaban J connectivity index is 2.00. The number of benzene rings is 1. The van der Waals surface area contributed by atoms with Crippen molar-refractivity contribution in [2.75, 3.05) is 6.54 Å². The molecule has 1 atom stereocenters. The first-order valence-corrected chi connectivity index (χ1v) is 8.01. The first-order chi connectivity index (χ1) is 12.0. The minimum Gasteiger partial charge on any atom is -0.486 e. The zero-order valence-corrected chi connectivity index (χ0v) is 14.0. The minimum atomic E-state index is -1.14. The van der Waals surface area contributed by atoms with Crippen molar-refractivity contribution in [2.24, 2.45) is 0 Å². The Bertz CT molecular complexity index is 756. The number of aromatic carboxylic acids is 1. The van der Waals surface area contributed by atoms with Gasteiger partial charge in [0.2, 0.25) is 0 Å². The molecule has 0 saturated carbocycles. The maximum absolute atomic E-state index is 13.6. The quantitative estimate of drug-likeness (QED) is 0.763. The normalized spacial score (nSPS) is 11.8. The van der Waals surface area contributed by atoms with E-state index in [1.54, 1.807) is 19.1 Å². The van der Waals surface area contributed by atoms with Gasteiger partial charge in [-0.05, 0) is 18.6 Å². The maximum Gasteiger partial charge on any atom is 0.339 e. The van der Waals surface area contributed by atoms with E-state index in [9.17, 15) is 14.0 Å². The number of para-hydroxylation sites is 1. The first kappa shape index (κ1) is 18.5. The molecule has 2 aromatic rings. The number of amides is 1. The Morgan fingerprint density at radius 1 is 1.32 bits per heavy atom. The molecule has 1 aromatic heterocycles. The summed E-state index contributed by atoms with van der Waals surface area (Å²) >= 11 is 0. The Labute approximate surface area is 144 Å². The summed E-state index contributed by atoms with van der Waals surface area (Å²) in [5.74, 6) is -1.88. The van der Waals surface area contributed by atoms with Crippen LogP contribution in [0.25, 0.3) is 0 Å². The molecule has 134 valence electrons. The maximum atomic E-state index is 13.6. The monoisotopic (exact) mass is 349 g/mol. The van der Waals surface area contributed by atoms with E-state index in [-0.39, 0.29) is 29.4 Å². The lowest BCUT2D eigenvalue weighted by atomic mass is 10.2. The summed E-state index contributed by atoms with van der Waals surface area (Å²) in [6.45, 7) is 3.72. The smallest absolute Gasteiger partial charge is 0.339 e.